The minimum absolute atomic E-state index is 0.363. The van der Waals surface area contributed by atoms with E-state index in [9.17, 15) is 5.11 Å². The van der Waals surface area contributed by atoms with Crippen molar-refractivity contribution in [3.63, 3.8) is 0 Å². The van der Waals surface area contributed by atoms with Crippen LogP contribution in [-0.2, 0) is 11.2 Å². The molecule has 1 heterocycles. The van der Waals surface area contributed by atoms with Crippen molar-refractivity contribution in [2.75, 3.05) is 6.61 Å². The second kappa shape index (κ2) is 5.51. The van der Waals surface area contributed by atoms with Gasteiger partial charge in [-0.2, -0.15) is 0 Å². The third-order valence-corrected chi connectivity index (χ3v) is 4.43. The molecule has 3 nitrogen and oxygen atoms in total. The molecular formula is C16H23NO2. The van der Waals surface area contributed by atoms with E-state index in [1.807, 2.05) is 6.07 Å². The SMILES string of the molecule is CC(NC1CCCc2cc(O)ccc21)C1CCCO1. The van der Waals surface area contributed by atoms with Crippen LogP contribution in [0.4, 0.5) is 0 Å². The standard InChI is InChI=1S/C16H23NO2/c1-11(16-6-3-9-19-16)17-15-5-2-4-12-10-13(18)7-8-14(12)15/h7-8,10-11,15-18H,2-6,9H2,1H3. The van der Waals surface area contributed by atoms with E-state index in [0.29, 0.717) is 23.9 Å². The molecule has 3 atom stereocenters. The number of nitrogens with one attached hydrogen (secondary N) is 1. The smallest absolute Gasteiger partial charge is 0.115 e. The zero-order valence-electron chi connectivity index (χ0n) is 11.6. The lowest BCUT2D eigenvalue weighted by Crippen LogP contribution is -2.40. The summed E-state index contributed by atoms with van der Waals surface area (Å²) >= 11 is 0. The van der Waals surface area contributed by atoms with Crippen LogP contribution in [0.2, 0.25) is 0 Å². The number of aromatic hydroxyl groups is 1. The van der Waals surface area contributed by atoms with Crippen molar-refractivity contribution in [1.29, 1.82) is 0 Å². The molecule has 0 amide bonds. The molecule has 0 bridgehead atoms. The van der Waals surface area contributed by atoms with Crippen molar-refractivity contribution in [2.45, 2.75) is 57.2 Å². The second-order valence-electron chi connectivity index (χ2n) is 5.83. The molecule has 1 aliphatic carbocycles. The summed E-state index contributed by atoms with van der Waals surface area (Å²) in [5.74, 6) is 0.381. The van der Waals surface area contributed by atoms with Crippen LogP contribution in [0.5, 0.6) is 5.75 Å². The molecule has 2 aliphatic rings. The maximum absolute atomic E-state index is 9.59. The van der Waals surface area contributed by atoms with Gasteiger partial charge in [0.1, 0.15) is 5.75 Å². The number of hydrogen-bond donors (Lipinski definition) is 2. The summed E-state index contributed by atoms with van der Waals surface area (Å²) in [6.07, 6.45) is 6.16. The van der Waals surface area contributed by atoms with E-state index in [4.69, 9.17) is 4.74 Å². The van der Waals surface area contributed by atoms with E-state index in [-0.39, 0.29) is 0 Å². The molecule has 0 aromatic heterocycles. The van der Waals surface area contributed by atoms with E-state index in [2.05, 4.69) is 18.3 Å². The summed E-state index contributed by atoms with van der Waals surface area (Å²) in [5, 5.41) is 13.3. The molecule has 0 radical (unpaired) electrons. The van der Waals surface area contributed by atoms with Crippen LogP contribution in [0.25, 0.3) is 0 Å². The van der Waals surface area contributed by atoms with Gasteiger partial charge in [-0.25, -0.2) is 0 Å². The zero-order valence-corrected chi connectivity index (χ0v) is 11.6. The Bertz CT molecular complexity index is 440. The Balaban J connectivity index is 1.72. The number of aryl methyl sites for hydroxylation is 1. The topological polar surface area (TPSA) is 41.5 Å². The maximum Gasteiger partial charge on any atom is 0.115 e. The van der Waals surface area contributed by atoms with E-state index in [0.717, 1.165) is 13.0 Å². The Morgan fingerprint density at radius 3 is 3.00 bits per heavy atom. The van der Waals surface area contributed by atoms with Gasteiger partial charge in [0.2, 0.25) is 0 Å². The van der Waals surface area contributed by atoms with Crippen LogP contribution in [0, 0.1) is 0 Å². The number of hydrogen-bond acceptors (Lipinski definition) is 3. The quantitative estimate of drug-likeness (QED) is 0.879. The Morgan fingerprint density at radius 2 is 2.21 bits per heavy atom. The van der Waals surface area contributed by atoms with E-state index < -0.39 is 0 Å². The number of rotatable bonds is 3. The Hall–Kier alpha value is -1.06. The fourth-order valence-electron chi connectivity index (χ4n) is 3.40. The van der Waals surface area contributed by atoms with Crippen molar-refractivity contribution in [2.24, 2.45) is 0 Å². The first-order chi connectivity index (χ1) is 9.24. The first-order valence-corrected chi connectivity index (χ1v) is 7.43. The number of phenols is 1. The third-order valence-electron chi connectivity index (χ3n) is 4.43. The van der Waals surface area contributed by atoms with Crippen molar-refractivity contribution < 1.29 is 9.84 Å². The normalized spacial score (nSPS) is 28.1. The van der Waals surface area contributed by atoms with E-state index in [1.165, 1.54) is 36.8 Å². The average Bonchev–Trinajstić information content (AvgIpc) is 2.92. The third kappa shape index (κ3) is 2.77. The monoisotopic (exact) mass is 261 g/mol. The highest BCUT2D eigenvalue weighted by atomic mass is 16.5. The van der Waals surface area contributed by atoms with Gasteiger partial charge in [-0.15, -0.1) is 0 Å². The number of ether oxygens (including phenoxy) is 1. The van der Waals surface area contributed by atoms with Gasteiger partial charge in [0.15, 0.2) is 0 Å². The molecule has 0 spiro atoms. The van der Waals surface area contributed by atoms with Gasteiger partial charge in [0.05, 0.1) is 6.10 Å². The van der Waals surface area contributed by atoms with Crippen molar-refractivity contribution in [3.8, 4) is 5.75 Å². The minimum atomic E-state index is 0.363. The molecule has 3 unspecified atom stereocenters. The highest BCUT2D eigenvalue weighted by Crippen LogP contribution is 2.32. The Labute approximate surface area is 115 Å². The second-order valence-corrected chi connectivity index (χ2v) is 5.83. The van der Waals surface area contributed by atoms with Gasteiger partial charge in [0.25, 0.3) is 0 Å². The predicted molar refractivity (Wildman–Crippen MR) is 75.4 cm³/mol. The molecule has 3 rings (SSSR count). The first-order valence-electron chi connectivity index (χ1n) is 7.43. The lowest BCUT2D eigenvalue weighted by atomic mass is 9.87. The number of phenolic OH excluding ortho intramolecular Hbond substituents is 1. The highest BCUT2D eigenvalue weighted by Gasteiger charge is 2.27. The van der Waals surface area contributed by atoms with Gasteiger partial charge >= 0.3 is 0 Å². The largest absolute Gasteiger partial charge is 0.508 e. The fraction of sp³-hybridized carbons (Fsp3) is 0.625. The zero-order chi connectivity index (χ0) is 13.2. The number of benzene rings is 1. The van der Waals surface area contributed by atoms with Crippen LogP contribution >= 0.6 is 0 Å². The van der Waals surface area contributed by atoms with Crippen LogP contribution in [0.15, 0.2) is 18.2 Å². The molecule has 1 fully saturated rings. The van der Waals surface area contributed by atoms with Crippen LogP contribution in [-0.4, -0.2) is 23.9 Å². The van der Waals surface area contributed by atoms with Crippen molar-refractivity contribution in [1.82, 2.24) is 5.32 Å². The summed E-state index contributed by atoms with van der Waals surface area (Å²) in [6.45, 7) is 3.14. The summed E-state index contributed by atoms with van der Waals surface area (Å²) in [4.78, 5) is 0. The lowest BCUT2D eigenvalue weighted by Gasteiger charge is -2.31. The minimum Gasteiger partial charge on any atom is -0.508 e. The number of fused-ring (bicyclic) bond motifs is 1. The molecule has 0 saturated carbocycles. The summed E-state index contributed by atoms with van der Waals surface area (Å²) in [5.41, 5.74) is 2.65. The molecule has 1 aliphatic heterocycles. The average molecular weight is 261 g/mol. The Morgan fingerprint density at radius 1 is 1.32 bits per heavy atom. The van der Waals surface area contributed by atoms with Crippen LogP contribution in [0.1, 0.15) is 49.8 Å². The van der Waals surface area contributed by atoms with Gasteiger partial charge in [-0.1, -0.05) is 6.07 Å². The molecule has 1 aromatic carbocycles. The van der Waals surface area contributed by atoms with E-state index in [1.54, 1.807) is 6.07 Å². The molecule has 104 valence electrons. The summed E-state index contributed by atoms with van der Waals surface area (Å²) in [6, 6.07) is 6.59. The summed E-state index contributed by atoms with van der Waals surface area (Å²) in [7, 11) is 0. The van der Waals surface area contributed by atoms with Crippen LogP contribution < -0.4 is 5.32 Å². The molecule has 3 heteroatoms. The van der Waals surface area contributed by atoms with Gasteiger partial charge in [-0.3, -0.25) is 0 Å². The van der Waals surface area contributed by atoms with Gasteiger partial charge < -0.3 is 15.2 Å². The van der Waals surface area contributed by atoms with Gasteiger partial charge in [-0.05, 0) is 62.3 Å². The van der Waals surface area contributed by atoms with E-state index >= 15 is 0 Å². The van der Waals surface area contributed by atoms with Crippen LogP contribution in [0.3, 0.4) is 0 Å². The molecule has 19 heavy (non-hydrogen) atoms. The molecule has 2 N–H and O–H groups in total. The Kier molecular flexibility index (Phi) is 3.76. The summed E-state index contributed by atoms with van der Waals surface area (Å²) < 4.78 is 5.76. The van der Waals surface area contributed by atoms with Gasteiger partial charge in [0, 0.05) is 18.7 Å². The first kappa shape index (κ1) is 12.9. The molecular weight excluding hydrogens is 238 g/mol. The highest BCUT2D eigenvalue weighted by molar-refractivity contribution is 5.38. The van der Waals surface area contributed by atoms with Crippen molar-refractivity contribution in [3.05, 3.63) is 29.3 Å². The lowest BCUT2D eigenvalue weighted by molar-refractivity contribution is 0.0787. The predicted octanol–water partition coefficient (Wildman–Crippen LogP) is 2.93. The molecule has 1 saturated heterocycles. The maximum atomic E-state index is 9.59. The van der Waals surface area contributed by atoms with Crippen molar-refractivity contribution >= 4 is 0 Å². The molecule has 1 aromatic rings. The fourth-order valence-corrected chi connectivity index (χ4v) is 3.40.